The maximum Gasteiger partial charge on any atom is 0.276 e. The lowest BCUT2D eigenvalue weighted by atomic mass is 10.2. The van der Waals surface area contributed by atoms with Crippen molar-refractivity contribution in [2.24, 2.45) is 0 Å². The predicted octanol–water partition coefficient (Wildman–Crippen LogP) is 4.64. The number of aromatic nitrogens is 2. The van der Waals surface area contributed by atoms with E-state index >= 15 is 0 Å². The minimum atomic E-state index is -0.429. The smallest absolute Gasteiger partial charge is 0.276 e. The number of rotatable bonds is 6. The highest BCUT2D eigenvalue weighted by atomic mass is 16.5. The first-order valence-corrected chi connectivity index (χ1v) is 9.85. The summed E-state index contributed by atoms with van der Waals surface area (Å²) >= 11 is 0. The maximum absolute atomic E-state index is 12.8. The Balaban J connectivity index is 1.54. The summed E-state index contributed by atoms with van der Waals surface area (Å²) in [6, 6.07) is 27.1. The van der Waals surface area contributed by atoms with E-state index in [1.807, 2.05) is 67.6 Å². The molecule has 0 fully saturated rings. The van der Waals surface area contributed by atoms with Crippen LogP contribution in [-0.2, 0) is 6.54 Å². The third-order valence-corrected chi connectivity index (χ3v) is 4.66. The van der Waals surface area contributed by atoms with E-state index in [1.165, 1.54) is 16.8 Å². The number of anilines is 1. The van der Waals surface area contributed by atoms with Gasteiger partial charge in [-0.3, -0.25) is 9.59 Å². The number of aryl methyl sites for hydroxylation is 1. The van der Waals surface area contributed by atoms with E-state index in [2.05, 4.69) is 10.4 Å². The van der Waals surface area contributed by atoms with Crippen LogP contribution < -0.4 is 15.6 Å². The number of carbonyl (C=O) groups is 1. The van der Waals surface area contributed by atoms with E-state index in [9.17, 15) is 9.59 Å². The molecule has 0 unspecified atom stereocenters. The van der Waals surface area contributed by atoms with Crippen molar-refractivity contribution in [2.75, 3.05) is 5.32 Å². The standard InChI is InChI=1S/C25H21N3O3/c1-18-11-13-20(14-12-18)31-23-10-6-5-9-21(23)26-25(30)22-15-16-24(29)28(27-22)17-19-7-3-2-4-8-19/h2-16H,17H2,1H3,(H,26,30). The zero-order valence-corrected chi connectivity index (χ0v) is 17.0. The van der Waals surface area contributed by atoms with Gasteiger partial charge in [0.05, 0.1) is 12.2 Å². The average molecular weight is 411 g/mol. The Hall–Kier alpha value is -4.19. The number of nitrogens with one attached hydrogen (secondary N) is 1. The van der Waals surface area contributed by atoms with Gasteiger partial charge >= 0.3 is 0 Å². The summed E-state index contributed by atoms with van der Waals surface area (Å²) in [5.74, 6) is 0.751. The number of nitrogens with zero attached hydrogens (tertiary/aromatic N) is 2. The van der Waals surface area contributed by atoms with Crippen molar-refractivity contribution in [3.05, 3.63) is 118 Å². The molecular weight excluding hydrogens is 390 g/mol. The fourth-order valence-electron chi connectivity index (χ4n) is 3.02. The number of para-hydroxylation sites is 2. The fourth-order valence-corrected chi connectivity index (χ4v) is 3.02. The molecule has 154 valence electrons. The first kappa shape index (κ1) is 20.1. The average Bonchev–Trinajstić information content (AvgIpc) is 2.79. The van der Waals surface area contributed by atoms with E-state index in [0.29, 0.717) is 17.2 Å². The molecule has 1 heterocycles. The monoisotopic (exact) mass is 411 g/mol. The lowest BCUT2D eigenvalue weighted by molar-refractivity contribution is 0.101. The van der Waals surface area contributed by atoms with E-state index in [-0.39, 0.29) is 17.8 Å². The topological polar surface area (TPSA) is 73.2 Å². The zero-order valence-electron chi connectivity index (χ0n) is 17.0. The van der Waals surface area contributed by atoms with E-state index in [1.54, 1.807) is 18.2 Å². The molecule has 3 aromatic carbocycles. The number of hydrogen-bond donors (Lipinski definition) is 1. The molecular formula is C25H21N3O3. The van der Waals surface area contributed by atoms with Gasteiger partial charge in [0.15, 0.2) is 5.75 Å². The van der Waals surface area contributed by atoms with Crippen molar-refractivity contribution in [3.63, 3.8) is 0 Å². The molecule has 0 spiro atoms. The summed E-state index contributed by atoms with van der Waals surface area (Å²) in [5, 5.41) is 7.07. The molecule has 0 saturated carbocycles. The second-order valence-electron chi connectivity index (χ2n) is 7.07. The number of carbonyl (C=O) groups excluding carboxylic acids is 1. The molecule has 31 heavy (non-hydrogen) atoms. The van der Waals surface area contributed by atoms with E-state index in [4.69, 9.17) is 4.74 Å². The number of hydrogen-bond acceptors (Lipinski definition) is 4. The zero-order chi connectivity index (χ0) is 21.6. The third kappa shape index (κ3) is 5.05. The molecule has 6 heteroatoms. The Morgan fingerprint density at radius 2 is 1.61 bits per heavy atom. The molecule has 1 amide bonds. The molecule has 1 N–H and O–H groups in total. The van der Waals surface area contributed by atoms with Gasteiger partial charge < -0.3 is 10.1 Å². The Bertz CT molecular complexity index is 1250. The summed E-state index contributed by atoms with van der Waals surface area (Å²) in [7, 11) is 0. The van der Waals surface area contributed by atoms with Crippen molar-refractivity contribution in [3.8, 4) is 11.5 Å². The molecule has 1 aromatic heterocycles. The minimum absolute atomic E-state index is 0.140. The van der Waals surface area contributed by atoms with Crippen LogP contribution in [0, 0.1) is 6.92 Å². The van der Waals surface area contributed by atoms with Crippen LogP contribution in [0.15, 0.2) is 95.8 Å². The van der Waals surface area contributed by atoms with Crippen LogP contribution in [0.4, 0.5) is 5.69 Å². The summed E-state index contributed by atoms with van der Waals surface area (Å²) in [5.41, 5.74) is 2.43. The van der Waals surface area contributed by atoms with E-state index < -0.39 is 5.91 Å². The Morgan fingerprint density at radius 3 is 2.39 bits per heavy atom. The molecule has 4 aromatic rings. The van der Waals surface area contributed by atoms with Gasteiger partial charge in [-0.05, 0) is 42.8 Å². The normalized spacial score (nSPS) is 10.5. The van der Waals surface area contributed by atoms with Crippen molar-refractivity contribution in [2.45, 2.75) is 13.5 Å². The maximum atomic E-state index is 12.8. The summed E-state index contributed by atoms with van der Waals surface area (Å²) in [6.45, 7) is 2.29. The highest BCUT2D eigenvalue weighted by Crippen LogP contribution is 2.29. The summed E-state index contributed by atoms with van der Waals surface area (Å²) < 4.78 is 7.21. The Morgan fingerprint density at radius 1 is 0.903 bits per heavy atom. The van der Waals surface area contributed by atoms with Crippen LogP contribution in [0.25, 0.3) is 0 Å². The molecule has 0 atom stereocenters. The van der Waals surface area contributed by atoms with Gasteiger partial charge in [-0.2, -0.15) is 5.10 Å². The molecule has 6 nitrogen and oxygen atoms in total. The Labute approximate surface area is 179 Å². The van der Waals surface area contributed by atoms with Crippen molar-refractivity contribution >= 4 is 11.6 Å². The molecule has 0 aliphatic rings. The molecule has 0 aliphatic carbocycles. The summed E-state index contributed by atoms with van der Waals surface area (Å²) in [6.07, 6.45) is 0. The number of benzene rings is 3. The Kier molecular flexibility index (Phi) is 5.89. The van der Waals surface area contributed by atoms with Gasteiger partial charge in [0.25, 0.3) is 11.5 Å². The van der Waals surface area contributed by atoms with Crippen LogP contribution in [0.3, 0.4) is 0 Å². The summed E-state index contributed by atoms with van der Waals surface area (Å²) in [4.78, 5) is 25.0. The fraction of sp³-hybridized carbons (Fsp3) is 0.0800. The van der Waals surface area contributed by atoms with Crippen LogP contribution >= 0.6 is 0 Å². The molecule has 0 saturated heterocycles. The molecule has 4 rings (SSSR count). The van der Waals surface area contributed by atoms with Gasteiger partial charge in [0.1, 0.15) is 11.4 Å². The number of ether oxygens (including phenoxy) is 1. The van der Waals surface area contributed by atoms with Crippen molar-refractivity contribution in [1.29, 1.82) is 0 Å². The predicted molar refractivity (Wildman–Crippen MR) is 120 cm³/mol. The van der Waals surface area contributed by atoms with Gasteiger partial charge in [-0.1, -0.05) is 60.2 Å². The van der Waals surface area contributed by atoms with Crippen LogP contribution in [0.2, 0.25) is 0 Å². The quantitative estimate of drug-likeness (QED) is 0.501. The molecule has 0 aliphatic heterocycles. The number of amides is 1. The second-order valence-corrected chi connectivity index (χ2v) is 7.07. The highest BCUT2D eigenvalue weighted by molar-refractivity contribution is 6.03. The third-order valence-electron chi connectivity index (χ3n) is 4.66. The molecule has 0 radical (unpaired) electrons. The lowest BCUT2D eigenvalue weighted by Gasteiger charge is -2.13. The first-order valence-electron chi connectivity index (χ1n) is 9.85. The second kappa shape index (κ2) is 9.09. The van der Waals surface area contributed by atoms with Gasteiger partial charge in [-0.15, -0.1) is 0 Å². The lowest BCUT2D eigenvalue weighted by Crippen LogP contribution is -2.26. The van der Waals surface area contributed by atoms with Gasteiger partial charge in [0.2, 0.25) is 0 Å². The van der Waals surface area contributed by atoms with Gasteiger partial charge in [-0.25, -0.2) is 4.68 Å². The van der Waals surface area contributed by atoms with Crippen molar-refractivity contribution < 1.29 is 9.53 Å². The highest BCUT2D eigenvalue weighted by Gasteiger charge is 2.13. The van der Waals surface area contributed by atoms with Gasteiger partial charge in [0, 0.05) is 6.07 Å². The van der Waals surface area contributed by atoms with Crippen LogP contribution in [0.1, 0.15) is 21.6 Å². The first-order chi connectivity index (χ1) is 15.1. The SMILES string of the molecule is Cc1ccc(Oc2ccccc2NC(=O)c2ccc(=O)n(Cc3ccccc3)n2)cc1. The van der Waals surface area contributed by atoms with Crippen molar-refractivity contribution in [1.82, 2.24) is 9.78 Å². The van der Waals surface area contributed by atoms with E-state index in [0.717, 1.165) is 11.1 Å². The largest absolute Gasteiger partial charge is 0.455 e. The van der Waals surface area contributed by atoms with Crippen LogP contribution in [-0.4, -0.2) is 15.7 Å². The molecule has 0 bridgehead atoms. The minimum Gasteiger partial charge on any atom is -0.455 e. The van der Waals surface area contributed by atoms with Crippen LogP contribution in [0.5, 0.6) is 11.5 Å².